The van der Waals surface area contributed by atoms with E-state index in [4.69, 9.17) is 4.98 Å². The van der Waals surface area contributed by atoms with Gasteiger partial charge in [-0.1, -0.05) is 31.4 Å². The average Bonchev–Trinajstić information content (AvgIpc) is 3.18. The van der Waals surface area contributed by atoms with Gasteiger partial charge in [0.2, 0.25) is 5.91 Å². The maximum atomic E-state index is 13.5. The number of amides is 1. The zero-order valence-electron chi connectivity index (χ0n) is 18.5. The molecule has 0 radical (unpaired) electrons. The molecule has 1 aromatic heterocycles. The molecule has 6 heteroatoms. The van der Waals surface area contributed by atoms with Crippen LogP contribution in [0.3, 0.4) is 0 Å². The maximum Gasteiger partial charge on any atom is 0.223 e. The maximum absolute atomic E-state index is 13.5. The highest BCUT2D eigenvalue weighted by molar-refractivity contribution is 5.79. The second-order valence-electron chi connectivity index (χ2n) is 9.22. The lowest BCUT2D eigenvalue weighted by molar-refractivity contribution is -0.127. The molecule has 0 spiro atoms. The normalized spacial score (nSPS) is 18.8. The molecule has 1 N–H and O–H groups in total. The summed E-state index contributed by atoms with van der Waals surface area (Å²) >= 11 is 0. The SMILES string of the molecule is O=C(NC1CCCCC1)C1CCN(Cc2nc3ccccc3n2-c2ccc(F)cc2)CC1. The number of aromatic nitrogens is 2. The van der Waals surface area contributed by atoms with Gasteiger partial charge in [-0.2, -0.15) is 0 Å². The van der Waals surface area contributed by atoms with Gasteiger partial charge < -0.3 is 5.32 Å². The Morgan fingerprint density at radius 3 is 2.44 bits per heavy atom. The summed E-state index contributed by atoms with van der Waals surface area (Å²) < 4.78 is 15.6. The van der Waals surface area contributed by atoms with Crippen molar-refractivity contribution in [1.82, 2.24) is 19.8 Å². The van der Waals surface area contributed by atoms with E-state index in [1.54, 1.807) is 12.1 Å². The second kappa shape index (κ2) is 9.41. The predicted octanol–water partition coefficient (Wildman–Crippen LogP) is 4.83. The number of halogens is 1. The number of nitrogens with one attached hydrogen (secondary N) is 1. The van der Waals surface area contributed by atoms with Gasteiger partial charge in [-0.25, -0.2) is 9.37 Å². The summed E-state index contributed by atoms with van der Waals surface area (Å²) in [5.41, 5.74) is 2.88. The molecule has 1 aliphatic heterocycles. The van der Waals surface area contributed by atoms with E-state index >= 15 is 0 Å². The lowest BCUT2D eigenvalue weighted by Gasteiger charge is -2.32. The van der Waals surface area contributed by atoms with E-state index < -0.39 is 0 Å². The smallest absolute Gasteiger partial charge is 0.223 e. The first kappa shape index (κ1) is 21.1. The van der Waals surface area contributed by atoms with Crippen LogP contribution in [0.5, 0.6) is 0 Å². The number of para-hydroxylation sites is 2. The van der Waals surface area contributed by atoms with E-state index in [0.717, 1.165) is 61.3 Å². The third kappa shape index (κ3) is 4.56. The fourth-order valence-corrected chi connectivity index (χ4v) is 5.18. The van der Waals surface area contributed by atoms with E-state index in [9.17, 15) is 9.18 Å². The van der Waals surface area contributed by atoms with Crippen molar-refractivity contribution in [3.8, 4) is 5.69 Å². The van der Waals surface area contributed by atoms with Gasteiger partial charge in [0, 0.05) is 17.6 Å². The van der Waals surface area contributed by atoms with Crippen molar-refractivity contribution in [2.24, 2.45) is 5.92 Å². The minimum absolute atomic E-state index is 0.115. The number of hydrogen-bond donors (Lipinski definition) is 1. The van der Waals surface area contributed by atoms with Crippen molar-refractivity contribution in [2.75, 3.05) is 13.1 Å². The number of carbonyl (C=O) groups is 1. The summed E-state index contributed by atoms with van der Waals surface area (Å²) in [7, 11) is 0. The highest BCUT2D eigenvalue weighted by Crippen LogP contribution is 2.25. The number of imidazole rings is 1. The highest BCUT2D eigenvalue weighted by atomic mass is 19.1. The molecular formula is C26H31FN4O. The van der Waals surface area contributed by atoms with Gasteiger partial charge in [0.1, 0.15) is 11.6 Å². The predicted molar refractivity (Wildman–Crippen MR) is 124 cm³/mol. The molecule has 32 heavy (non-hydrogen) atoms. The third-order valence-corrected chi connectivity index (χ3v) is 6.99. The third-order valence-electron chi connectivity index (χ3n) is 6.99. The first-order chi connectivity index (χ1) is 15.7. The summed E-state index contributed by atoms with van der Waals surface area (Å²) in [5.74, 6) is 1.07. The van der Waals surface area contributed by atoms with Crippen LogP contribution in [0.15, 0.2) is 48.5 Å². The van der Waals surface area contributed by atoms with Crippen LogP contribution >= 0.6 is 0 Å². The standard InChI is InChI=1S/C26H31FN4O/c27-20-10-12-22(13-11-20)31-24-9-5-4-8-23(24)29-25(31)18-30-16-14-19(15-17-30)26(32)28-21-6-2-1-3-7-21/h4-5,8-13,19,21H,1-3,6-7,14-18H2,(H,28,32). The number of benzene rings is 2. The van der Waals surface area contributed by atoms with Crippen LogP contribution in [0.2, 0.25) is 0 Å². The summed E-state index contributed by atoms with van der Waals surface area (Å²) in [5, 5.41) is 3.30. The number of fused-ring (bicyclic) bond motifs is 1. The zero-order chi connectivity index (χ0) is 21.9. The van der Waals surface area contributed by atoms with Gasteiger partial charge in [0.25, 0.3) is 0 Å². The molecule has 2 aliphatic rings. The molecule has 2 fully saturated rings. The number of hydrogen-bond acceptors (Lipinski definition) is 3. The lowest BCUT2D eigenvalue weighted by atomic mass is 9.92. The van der Waals surface area contributed by atoms with E-state index in [0.29, 0.717) is 12.6 Å². The van der Waals surface area contributed by atoms with E-state index in [1.165, 1.54) is 31.4 Å². The minimum Gasteiger partial charge on any atom is -0.353 e. The van der Waals surface area contributed by atoms with Crippen molar-refractivity contribution in [2.45, 2.75) is 57.5 Å². The number of carbonyl (C=O) groups excluding carboxylic acids is 1. The van der Waals surface area contributed by atoms with Crippen molar-refractivity contribution in [1.29, 1.82) is 0 Å². The number of likely N-dealkylation sites (tertiary alicyclic amines) is 1. The molecule has 1 aliphatic carbocycles. The Hall–Kier alpha value is -2.73. The largest absolute Gasteiger partial charge is 0.353 e. The molecule has 0 atom stereocenters. The quantitative estimate of drug-likeness (QED) is 0.626. The monoisotopic (exact) mass is 434 g/mol. The molecule has 2 heterocycles. The van der Waals surface area contributed by atoms with Gasteiger partial charge in [-0.05, 0) is 75.2 Å². The summed E-state index contributed by atoms with van der Waals surface area (Å²) in [6.45, 7) is 2.48. The van der Waals surface area contributed by atoms with Crippen molar-refractivity contribution >= 4 is 16.9 Å². The van der Waals surface area contributed by atoms with Gasteiger partial charge in [-0.15, -0.1) is 0 Å². The van der Waals surface area contributed by atoms with E-state index in [2.05, 4.69) is 20.9 Å². The van der Waals surface area contributed by atoms with Crippen LogP contribution in [0.4, 0.5) is 4.39 Å². The molecule has 5 nitrogen and oxygen atoms in total. The Labute approximate surface area is 188 Å². The Kier molecular flexibility index (Phi) is 6.21. The number of nitrogens with zero attached hydrogens (tertiary/aromatic N) is 3. The van der Waals surface area contributed by atoms with Crippen LogP contribution in [0, 0.1) is 11.7 Å². The molecule has 0 unspecified atom stereocenters. The molecule has 1 saturated heterocycles. The number of piperidine rings is 1. The van der Waals surface area contributed by atoms with Gasteiger partial charge >= 0.3 is 0 Å². The van der Waals surface area contributed by atoms with Crippen molar-refractivity contribution < 1.29 is 9.18 Å². The van der Waals surface area contributed by atoms with Gasteiger partial charge in [-0.3, -0.25) is 14.3 Å². The summed E-state index contributed by atoms with van der Waals surface area (Å²) in [6, 6.07) is 15.0. The van der Waals surface area contributed by atoms with E-state index in [1.807, 2.05) is 18.2 Å². The van der Waals surface area contributed by atoms with Crippen LogP contribution in [-0.2, 0) is 11.3 Å². The highest BCUT2D eigenvalue weighted by Gasteiger charge is 2.28. The van der Waals surface area contributed by atoms with Crippen LogP contribution in [0.25, 0.3) is 16.7 Å². The zero-order valence-corrected chi connectivity index (χ0v) is 18.5. The number of rotatable bonds is 5. The summed E-state index contributed by atoms with van der Waals surface area (Å²) in [4.78, 5) is 20.0. The fourth-order valence-electron chi connectivity index (χ4n) is 5.18. The second-order valence-corrected chi connectivity index (χ2v) is 9.22. The van der Waals surface area contributed by atoms with Crippen molar-refractivity contribution in [3.05, 3.63) is 60.2 Å². The van der Waals surface area contributed by atoms with Gasteiger partial charge in [0.15, 0.2) is 0 Å². The topological polar surface area (TPSA) is 50.2 Å². The molecular weight excluding hydrogens is 403 g/mol. The summed E-state index contributed by atoms with van der Waals surface area (Å²) in [6.07, 6.45) is 7.80. The molecule has 0 bridgehead atoms. The minimum atomic E-state index is -0.242. The Morgan fingerprint density at radius 1 is 0.969 bits per heavy atom. The molecule has 3 aromatic rings. The lowest BCUT2D eigenvalue weighted by Crippen LogP contribution is -2.44. The molecule has 168 valence electrons. The fraction of sp³-hybridized carbons (Fsp3) is 0.462. The Morgan fingerprint density at radius 2 is 1.69 bits per heavy atom. The Balaban J connectivity index is 1.27. The first-order valence-corrected chi connectivity index (χ1v) is 11.9. The molecule has 1 saturated carbocycles. The average molecular weight is 435 g/mol. The molecule has 2 aromatic carbocycles. The van der Waals surface area contributed by atoms with E-state index in [-0.39, 0.29) is 17.6 Å². The molecule has 5 rings (SSSR count). The van der Waals surface area contributed by atoms with Crippen LogP contribution in [-0.4, -0.2) is 39.5 Å². The Bertz CT molecular complexity index is 1060. The van der Waals surface area contributed by atoms with Crippen LogP contribution in [0.1, 0.15) is 50.8 Å². The first-order valence-electron chi connectivity index (χ1n) is 11.9. The molecule has 1 amide bonds. The van der Waals surface area contributed by atoms with Crippen molar-refractivity contribution in [3.63, 3.8) is 0 Å². The van der Waals surface area contributed by atoms with Gasteiger partial charge in [0.05, 0.1) is 17.6 Å². The van der Waals surface area contributed by atoms with Crippen LogP contribution < -0.4 is 5.32 Å².